The molecule has 1 aliphatic heterocycles. The molecule has 1 fully saturated rings. The molecule has 0 spiro atoms. The molecule has 1 atom stereocenters. The van der Waals surface area contributed by atoms with Crippen LogP contribution in [-0.2, 0) is 4.79 Å². The molecular weight excluding hydrogens is 362 g/mol. The molecular formula is C21H24ClN3O2. The average Bonchev–Trinajstić information content (AvgIpc) is 2.95. The molecule has 0 aliphatic carbocycles. The Morgan fingerprint density at radius 3 is 2.26 bits per heavy atom. The van der Waals surface area contributed by atoms with Crippen molar-refractivity contribution in [3.63, 3.8) is 0 Å². The molecule has 2 aromatic carbocycles. The highest BCUT2D eigenvalue weighted by atomic mass is 35.5. The highest BCUT2D eigenvalue weighted by molar-refractivity contribution is 6.30. The summed E-state index contributed by atoms with van der Waals surface area (Å²) in [5.41, 5.74) is 7.76. The molecule has 6 heteroatoms. The summed E-state index contributed by atoms with van der Waals surface area (Å²) in [5.74, 6) is 0.00842. The second-order valence-electron chi connectivity index (χ2n) is 6.75. The second kappa shape index (κ2) is 9.02. The lowest BCUT2D eigenvalue weighted by Crippen LogP contribution is -2.38. The predicted octanol–water partition coefficient (Wildman–Crippen LogP) is 3.10. The van der Waals surface area contributed by atoms with Gasteiger partial charge in [-0.25, -0.2) is 0 Å². The molecule has 3 rings (SSSR count). The fourth-order valence-electron chi connectivity index (χ4n) is 3.28. The van der Waals surface area contributed by atoms with E-state index < -0.39 is 0 Å². The number of hydrogen-bond donors (Lipinski definition) is 1. The van der Waals surface area contributed by atoms with Gasteiger partial charge in [-0.1, -0.05) is 41.9 Å². The van der Waals surface area contributed by atoms with Crippen molar-refractivity contribution in [1.82, 2.24) is 9.80 Å². The number of halogens is 1. The predicted molar refractivity (Wildman–Crippen MR) is 107 cm³/mol. The van der Waals surface area contributed by atoms with Gasteiger partial charge in [0.2, 0.25) is 5.91 Å². The number of nitrogens with zero attached hydrogens (tertiary/aromatic N) is 2. The Bertz CT molecular complexity index is 780. The van der Waals surface area contributed by atoms with Crippen LogP contribution in [0.1, 0.15) is 34.8 Å². The van der Waals surface area contributed by atoms with Gasteiger partial charge in [-0.2, -0.15) is 0 Å². The lowest BCUT2D eigenvalue weighted by atomic mass is 10.0. The van der Waals surface area contributed by atoms with Crippen molar-refractivity contribution in [3.8, 4) is 0 Å². The van der Waals surface area contributed by atoms with Crippen molar-refractivity contribution in [3.05, 3.63) is 70.7 Å². The molecule has 1 aliphatic rings. The molecule has 1 heterocycles. The van der Waals surface area contributed by atoms with Gasteiger partial charge < -0.3 is 15.5 Å². The van der Waals surface area contributed by atoms with Crippen LogP contribution in [-0.4, -0.2) is 47.8 Å². The first-order chi connectivity index (χ1) is 13.0. The van der Waals surface area contributed by atoms with Gasteiger partial charge in [0.05, 0.1) is 0 Å². The number of amides is 2. The highest BCUT2D eigenvalue weighted by Crippen LogP contribution is 2.17. The standard InChI is InChI=1S/C21H24ClN3O2/c22-18-9-7-17(8-10-18)21(27)25-12-4-11-24(13-14-25)20(26)15-19(23)16-5-2-1-3-6-16/h1-3,5-10,19H,4,11-15,23H2. The number of benzene rings is 2. The average molecular weight is 386 g/mol. The van der Waals surface area contributed by atoms with Crippen molar-refractivity contribution in [2.24, 2.45) is 5.73 Å². The Morgan fingerprint density at radius 1 is 0.926 bits per heavy atom. The highest BCUT2D eigenvalue weighted by Gasteiger charge is 2.24. The Balaban J connectivity index is 1.56. The Hall–Kier alpha value is -2.37. The maximum absolute atomic E-state index is 12.7. The first-order valence-electron chi connectivity index (χ1n) is 9.18. The molecule has 5 nitrogen and oxygen atoms in total. The number of nitrogens with two attached hydrogens (primary N) is 1. The van der Waals surface area contributed by atoms with Gasteiger partial charge in [-0.3, -0.25) is 9.59 Å². The topological polar surface area (TPSA) is 66.6 Å². The van der Waals surface area contributed by atoms with Crippen LogP contribution in [0.5, 0.6) is 0 Å². The largest absolute Gasteiger partial charge is 0.341 e. The molecule has 2 aromatic rings. The molecule has 142 valence electrons. The van der Waals surface area contributed by atoms with E-state index in [2.05, 4.69) is 0 Å². The molecule has 1 saturated heterocycles. The lowest BCUT2D eigenvalue weighted by Gasteiger charge is -2.23. The van der Waals surface area contributed by atoms with Gasteiger partial charge in [0.15, 0.2) is 0 Å². The van der Waals surface area contributed by atoms with Gasteiger partial charge in [0.25, 0.3) is 5.91 Å². The molecule has 0 bridgehead atoms. The van der Waals surface area contributed by atoms with E-state index in [1.54, 1.807) is 29.2 Å². The first-order valence-corrected chi connectivity index (χ1v) is 9.55. The van der Waals surface area contributed by atoms with E-state index >= 15 is 0 Å². The van der Waals surface area contributed by atoms with Gasteiger partial charge in [-0.15, -0.1) is 0 Å². The zero-order valence-corrected chi connectivity index (χ0v) is 15.9. The summed E-state index contributed by atoms with van der Waals surface area (Å²) in [6, 6.07) is 16.2. The fourth-order valence-corrected chi connectivity index (χ4v) is 3.41. The van der Waals surface area contributed by atoms with Crippen LogP contribution in [0.3, 0.4) is 0 Å². The van der Waals surface area contributed by atoms with Crippen molar-refractivity contribution >= 4 is 23.4 Å². The minimum Gasteiger partial charge on any atom is -0.341 e. The second-order valence-corrected chi connectivity index (χ2v) is 7.19. The van der Waals surface area contributed by atoms with Crippen molar-refractivity contribution in [2.75, 3.05) is 26.2 Å². The Kier molecular flexibility index (Phi) is 6.48. The van der Waals surface area contributed by atoms with Crippen LogP contribution >= 0.6 is 11.6 Å². The van der Waals surface area contributed by atoms with Gasteiger partial charge in [0, 0.05) is 49.2 Å². The van der Waals surface area contributed by atoms with E-state index in [0.29, 0.717) is 36.8 Å². The summed E-state index contributed by atoms with van der Waals surface area (Å²) in [7, 11) is 0. The monoisotopic (exact) mass is 385 g/mol. The Labute approximate surface area is 164 Å². The molecule has 0 saturated carbocycles. The third-order valence-corrected chi connectivity index (χ3v) is 5.10. The van der Waals surface area contributed by atoms with Crippen LogP contribution in [0.4, 0.5) is 0 Å². The minimum absolute atomic E-state index is 0.0260. The van der Waals surface area contributed by atoms with Gasteiger partial charge in [-0.05, 0) is 36.2 Å². The summed E-state index contributed by atoms with van der Waals surface area (Å²) < 4.78 is 0. The molecule has 2 amide bonds. The number of hydrogen-bond acceptors (Lipinski definition) is 3. The van der Waals surface area contributed by atoms with E-state index in [4.69, 9.17) is 17.3 Å². The van der Waals surface area contributed by atoms with Gasteiger partial charge in [0.1, 0.15) is 0 Å². The van der Waals surface area contributed by atoms with E-state index in [1.807, 2.05) is 35.2 Å². The maximum atomic E-state index is 12.7. The third-order valence-electron chi connectivity index (χ3n) is 4.85. The molecule has 2 N–H and O–H groups in total. The van der Waals surface area contributed by atoms with Crippen LogP contribution in [0.2, 0.25) is 5.02 Å². The minimum atomic E-state index is -0.311. The van der Waals surface area contributed by atoms with Crippen LogP contribution < -0.4 is 5.73 Å². The van der Waals surface area contributed by atoms with Crippen molar-refractivity contribution in [1.29, 1.82) is 0 Å². The zero-order valence-electron chi connectivity index (χ0n) is 15.2. The molecule has 27 heavy (non-hydrogen) atoms. The van der Waals surface area contributed by atoms with Crippen molar-refractivity contribution < 1.29 is 9.59 Å². The smallest absolute Gasteiger partial charge is 0.253 e. The van der Waals surface area contributed by atoms with Crippen LogP contribution in [0, 0.1) is 0 Å². The Morgan fingerprint density at radius 2 is 1.56 bits per heavy atom. The summed E-state index contributed by atoms with van der Waals surface area (Å²) in [6.45, 7) is 2.33. The summed E-state index contributed by atoms with van der Waals surface area (Å²) in [4.78, 5) is 28.9. The van der Waals surface area contributed by atoms with Crippen molar-refractivity contribution in [2.45, 2.75) is 18.9 Å². The molecule has 0 aromatic heterocycles. The normalized spacial score (nSPS) is 15.9. The summed E-state index contributed by atoms with van der Waals surface area (Å²) >= 11 is 5.89. The zero-order chi connectivity index (χ0) is 19.2. The van der Waals surface area contributed by atoms with E-state index in [0.717, 1.165) is 12.0 Å². The summed E-state index contributed by atoms with van der Waals surface area (Å²) in [6.07, 6.45) is 1.03. The number of carbonyl (C=O) groups is 2. The maximum Gasteiger partial charge on any atom is 0.253 e. The van der Waals surface area contributed by atoms with E-state index in [-0.39, 0.29) is 24.3 Å². The van der Waals surface area contributed by atoms with Crippen LogP contribution in [0.25, 0.3) is 0 Å². The van der Waals surface area contributed by atoms with E-state index in [9.17, 15) is 9.59 Å². The SMILES string of the molecule is NC(CC(=O)N1CCCN(C(=O)c2ccc(Cl)cc2)CC1)c1ccccc1. The van der Waals surface area contributed by atoms with Gasteiger partial charge >= 0.3 is 0 Å². The quantitative estimate of drug-likeness (QED) is 0.879. The number of carbonyl (C=O) groups excluding carboxylic acids is 2. The number of rotatable bonds is 4. The van der Waals surface area contributed by atoms with E-state index in [1.165, 1.54) is 0 Å². The third kappa shape index (κ3) is 5.08. The molecule has 0 radical (unpaired) electrons. The summed E-state index contributed by atoms with van der Waals surface area (Å²) in [5, 5.41) is 0.606. The van der Waals surface area contributed by atoms with Crippen LogP contribution in [0.15, 0.2) is 54.6 Å². The fraction of sp³-hybridized carbons (Fsp3) is 0.333. The first kappa shape index (κ1) is 19.4. The molecule has 1 unspecified atom stereocenters. The lowest BCUT2D eigenvalue weighted by molar-refractivity contribution is -0.131.